The van der Waals surface area contributed by atoms with Crippen molar-refractivity contribution in [1.82, 2.24) is 5.32 Å². The van der Waals surface area contributed by atoms with E-state index in [9.17, 15) is 4.79 Å². The van der Waals surface area contributed by atoms with Crippen LogP contribution in [0.2, 0.25) is 0 Å². The van der Waals surface area contributed by atoms with Gasteiger partial charge in [0.25, 0.3) is 0 Å². The zero-order valence-electron chi connectivity index (χ0n) is 6.32. The minimum atomic E-state index is -0.0625. The van der Waals surface area contributed by atoms with E-state index in [4.69, 9.17) is 0 Å². The number of amides is 1. The van der Waals surface area contributed by atoms with Crippen LogP contribution in [0.1, 0.15) is 13.8 Å². The van der Waals surface area contributed by atoms with E-state index >= 15 is 0 Å². The fourth-order valence-corrected chi connectivity index (χ4v) is 0.311. The van der Waals surface area contributed by atoms with E-state index in [1.807, 2.05) is 6.92 Å². The van der Waals surface area contributed by atoms with Crippen molar-refractivity contribution in [3.63, 3.8) is 0 Å². The summed E-state index contributed by atoms with van der Waals surface area (Å²) in [6.45, 7) is 7.70. The molecule has 0 aromatic rings. The molecule has 0 heterocycles. The van der Waals surface area contributed by atoms with E-state index in [2.05, 4.69) is 11.9 Å². The second-order valence-corrected chi connectivity index (χ2v) is 1.64. The molecule has 0 saturated heterocycles. The zero-order chi connectivity index (χ0) is 6.57. The van der Waals surface area contributed by atoms with Crippen molar-refractivity contribution in [2.75, 3.05) is 6.54 Å². The first-order chi connectivity index (χ1) is 3.68. The molecule has 0 aliphatic rings. The Kier molecular flexibility index (Phi) is 9.68. The molecule has 1 amide bonds. The normalized spacial score (nSPS) is 7.33. The Bertz CT molecular complexity index is 112. The molecule has 0 aliphatic heterocycles. The van der Waals surface area contributed by atoms with E-state index in [0.29, 0.717) is 12.1 Å². The topological polar surface area (TPSA) is 29.1 Å². The Balaban J connectivity index is 0. The Morgan fingerprint density at radius 2 is 2.11 bits per heavy atom. The summed E-state index contributed by atoms with van der Waals surface area (Å²) in [5, 5.41) is 2.61. The molecule has 0 aromatic heterocycles. The Labute approximate surface area is 98.5 Å². The third-order valence-corrected chi connectivity index (χ3v) is 0.725. The van der Waals surface area contributed by atoms with Gasteiger partial charge < -0.3 is 5.32 Å². The van der Waals surface area contributed by atoms with Gasteiger partial charge in [0, 0.05) is 63.5 Å². The SMILES string of the molecule is C=C(C)C(=O)NCC.[K]. The average molecular weight is 152 g/mol. The molecular formula is C6H11KNO. The molecule has 1 N–H and O–H groups in total. The summed E-state index contributed by atoms with van der Waals surface area (Å²) in [4.78, 5) is 10.5. The van der Waals surface area contributed by atoms with Crippen molar-refractivity contribution in [3.05, 3.63) is 12.2 Å². The van der Waals surface area contributed by atoms with Crippen LogP contribution in [0.4, 0.5) is 0 Å². The first kappa shape index (κ1) is 12.5. The zero-order valence-corrected chi connectivity index (χ0v) is 9.45. The summed E-state index contributed by atoms with van der Waals surface area (Å²) in [6.07, 6.45) is 0. The van der Waals surface area contributed by atoms with Gasteiger partial charge in [0.2, 0.25) is 5.91 Å². The van der Waals surface area contributed by atoms with Crippen LogP contribution in [0.25, 0.3) is 0 Å². The van der Waals surface area contributed by atoms with Crippen LogP contribution in [0, 0.1) is 0 Å². The summed E-state index contributed by atoms with van der Waals surface area (Å²) in [5.74, 6) is -0.0625. The molecule has 1 radical (unpaired) electrons. The van der Waals surface area contributed by atoms with Gasteiger partial charge in [0.05, 0.1) is 0 Å². The molecule has 0 fully saturated rings. The molecule has 0 aromatic carbocycles. The van der Waals surface area contributed by atoms with Crippen molar-refractivity contribution in [2.24, 2.45) is 0 Å². The molecule has 47 valence electrons. The predicted octanol–water partition coefficient (Wildman–Crippen LogP) is 0.318. The average Bonchev–Trinajstić information content (AvgIpc) is 1.67. The van der Waals surface area contributed by atoms with Gasteiger partial charge >= 0.3 is 0 Å². The third-order valence-electron chi connectivity index (χ3n) is 0.725. The van der Waals surface area contributed by atoms with E-state index in [-0.39, 0.29) is 57.3 Å². The van der Waals surface area contributed by atoms with Crippen molar-refractivity contribution < 1.29 is 4.79 Å². The first-order valence-corrected chi connectivity index (χ1v) is 2.62. The number of hydrogen-bond donors (Lipinski definition) is 1. The molecule has 0 atom stereocenters. The van der Waals surface area contributed by atoms with Gasteiger partial charge in [-0.2, -0.15) is 0 Å². The van der Waals surface area contributed by atoms with Crippen LogP contribution in [-0.2, 0) is 4.79 Å². The molecule has 3 heteroatoms. The Morgan fingerprint density at radius 1 is 1.67 bits per heavy atom. The number of nitrogens with one attached hydrogen (secondary N) is 1. The van der Waals surface area contributed by atoms with Crippen LogP contribution in [-0.4, -0.2) is 63.8 Å². The maximum Gasteiger partial charge on any atom is 0.246 e. The Morgan fingerprint density at radius 3 is 2.22 bits per heavy atom. The van der Waals surface area contributed by atoms with E-state index in [1.165, 1.54) is 0 Å². The molecule has 0 bridgehead atoms. The third kappa shape index (κ3) is 6.74. The maximum absolute atomic E-state index is 10.5. The monoisotopic (exact) mass is 152 g/mol. The molecule has 0 unspecified atom stereocenters. The second kappa shape index (κ2) is 6.96. The minimum Gasteiger partial charge on any atom is -0.353 e. The predicted molar refractivity (Wildman–Crippen MR) is 39.3 cm³/mol. The van der Waals surface area contributed by atoms with Gasteiger partial charge in [-0.3, -0.25) is 4.79 Å². The van der Waals surface area contributed by atoms with Crippen molar-refractivity contribution >= 4 is 57.3 Å². The largest absolute Gasteiger partial charge is 0.353 e. The van der Waals surface area contributed by atoms with Gasteiger partial charge in [0.15, 0.2) is 0 Å². The van der Waals surface area contributed by atoms with Gasteiger partial charge in [-0.25, -0.2) is 0 Å². The van der Waals surface area contributed by atoms with Crippen molar-refractivity contribution in [2.45, 2.75) is 13.8 Å². The molecule has 9 heavy (non-hydrogen) atoms. The van der Waals surface area contributed by atoms with E-state index in [1.54, 1.807) is 6.92 Å². The number of carbonyl (C=O) groups is 1. The van der Waals surface area contributed by atoms with Crippen molar-refractivity contribution in [1.29, 1.82) is 0 Å². The summed E-state index contributed by atoms with van der Waals surface area (Å²) >= 11 is 0. The summed E-state index contributed by atoms with van der Waals surface area (Å²) in [5.41, 5.74) is 0.562. The summed E-state index contributed by atoms with van der Waals surface area (Å²) in [7, 11) is 0. The Hall–Kier alpha value is 0.846. The van der Waals surface area contributed by atoms with Gasteiger partial charge in [-0.15, -0.1) is 0 Å². The number of rotatable bonds is 2. The molecule has 0 saturated carbocycles. The van der Waals surface area contributed by atoms with Gasteiger partial charge in [-0.05, 0) is 13.8 Å². The second-order valence-electron chi connectivity index (χ2n) is 1.64. The van der Waals surface area contributed by atoms with Crippen LogP contribution < -0.4 is 5.32 Å². The fraction of sp³-hybridized carbons (Fsp3) is 0.500. The number of hydrogen-bond acceptors (Lipinski definition) is 1. The molecule has 0 aliphatic carbocycles. The minimum absolute atomic E-state index is 0. The van der Waals surface area contributed by atoms with Crippen LogP contribution in [0.15, 0.2) is 12.2 Å². The van der Waals surface area contributed by atoms with Gasteiger partial charge in [-0.1, -0.05) is 6.58 Å². The molecule has 2 nitrogen and oxygen atoms in total. The summed E-state index contributed by atoms with van der Waals surface area (Å²) < 4.78 is 0. The van der Waals surface area contributed by atoms with E-state index < -0.39 is 0 Å². The molecule has 0 rings (SSSR count). The van der Waals surface area contributed by atoms with Crippen LogP contribution in [0.3, 0.4) is 0 Å². The van der Waals surface area contributed by atoms with Gasteiger partial charge in [0.1, 0.15) is 0 Å². The van der Waals surface area contributed by atoms with Crippen LogP contribution in [0.5, 0.6) is 0 Å². The van der Waals surface area contributed by atoms with Crippen LogP contribution >= 0.6 is 0 Å². The van der Waals surface area contributed by atoms with E-state index in [0.717, 1.165) is 0 Å². The maximum atomic E-state index is 10.5. The number of likely N-dealkylation sites (N-methyl/N-ethyl adjacent to an activating group) is 1. The standard InChI is InChI=1S/C6H11NO.K/c1-4-7-6(8)5(2)3;/h2,4H2,1,3H3,(H,7,8);. The fourth-order valence-electron chi connectivity index (χ4n) is 0.311. The number of carbonyl (C=O) groups excluding carboxylic acids is 1. The van der Waals surface area contributed by atoms with Crippen molar-refractivity contribution in [3.8, 4) is 0 Å². The molecule has 0 spiro atoms. The smallest absolute Gasteiger partial charge is 0.246 e. The first-order valence-electron chi connectivity index (χ1n) is 2.62. The quantitative estimate of drug-likeness (QED) is 0.448. The summed E-state index contributed by atoms with van der Waals surface area (Å²) in [6, 6.07) is 0. The molecular weight excluding hydrogens is 141 g/mol.